The van der Waals surface area contributed by atoms with E-state index in [0.717, 1.165) is 5.56 Å². The molecule has 0 amide bonds. The van der Waals surface area contributed by atoms with Gasteiger partial charge in [0.1, 0.15) is 0 Å². The molecule has 0 N–H and O–H groups in total. The Kier molecular flexibility index (Phi) is 2.77. The molecule has 3 nitrogen and oxygen atoms in total. The Bertz CT molecular complexity index is 410. The number of cyclic esters (lactones) is 2. The van der Waals surface area contributed by atoms with Crippen molar-refractivity contribution >= 4 is 11.9 Å². The summed E-state index contributed by atoms with van der Waals surface area (Å²) >= 11 is 0. The van der Waals surface area contributed by atoms with Gasteiger partial charge in [-0.1, -0.05) is 44.2 Å². The van der Waals surface area contributed by atoms with Crippen molar-refractivity contribution in [2.24, 2.45) is 11.8 Å². The van der Waals surface area contributed by atoms with E-state index in [1.54, 1.807) is 6.92 Å². The van der Waals surface area contributed by atoms with Crippen molar-refractivity contribution in [2.75, 3.05) is 0 Å². The fourth-order valence-electron chi connectivity index (χ4n) is 2.21. The van der Waals surface area contributed by atoms with Gasteiger partial charge < -0.3 is 4.74 Å². The van der Waals surface area contributed by atoms with Gasteiger partial charge in [0.15, 0.2) is 0 Å². The highest BCUT2D eigenvalue weighted by atomic mass is 16.6. The highest BCUT2D eigenvalue weighted by Crippen LogP contribution is 2.35. The summed E-state index contributed by atoms with van der Waals surface area (Å²) in [5.41, 5.74) is 1.06. The van der Waals surface area contributed by atoms with Crippen molar-refractivity contribution in [3.63, 3.8) is 0 Å². The second-order valence-electron chi connectivity index (χ2n) is 4.25. The number of carbonyl (C=O) groups excluding carboxylic acids is 2. The summed E-state index contributed by atoms with van der Waals surface area (Å²) in [7, 11) is 0. The van der Waals surface area contributed by atoms with E-state index in [4.69, 9.17) is 0 Å². The van der Waals surface area contributed by atoms with Crippen molar-refractivity contribution < 1.29 is 14.3 Å². The molecule has 1 heterocycles. The van der Waals surface area contributed by atoms with Gasteiger partial charge in [0.2, 0.25) is 0 Å². The van der Waals surface area contributed by atoms with E-state index in [9.17, 15) is 9.59 Å². The average Bonchev–Trinajstić information content (AvgIpc) is 2.54. The van der Waals surface area contributed by atoms with E-state index in [1.807, 2.05) is 37.3 Å². The minimum absolute atomic E-state index is 0.00940. The molecule has 2 rings (SSSR count). The van der Waals surface area contributed by atoms with Crippen molar-refractivity contribution in [3.05, 3.63) is 35.9 Å². The summed E-state index contributed by atoms with van der Waals surface area (Å²) in [6.07, 6.45) is 0. The lowest BCUT2D eigenvalue weighted by atomic mass is 9.81. The molecule has 0 radical (unpaired) electrons. The van der Waals surface area contributed by atoms with Crippen LogP contribution in [0.5, 0.6) is 0 Å². The van der Waals surface area contributed by atoms with Gasteiger partial charge in [0, 0.05) is 0 Å². The highest BCUT2D eigenvalue weighted by molar-refractivity contribution is 5.96. The molecule has 3 atom stereocenters. The minimum Gasteiger partial charge on any atom is -0.393 e. The Balaban J connectivity index is 2.26. The van der Waals surface area contributed by atoms with Crippen LogP contribution in [-0.4, -0.2) is 11.9 Å². The first kappa shape index (κ1) is 10.9. The monoisotopic (exact) mass is 218 g/mol. The summed E-state index contributed by atoms with van der Waals surface area (Å²) in [6, 6.07) is 9.72. The molecule has 0 spiro atoms. The molecule has 0 bridgehead atoms. The molecule has 1 aromatic carbocycles. The third-order valence-electron chi connectivity index (χ3n) is 3.25. The predicted octanol–water partition coefficient (Wildman–Crippen LogP) is 2.13. The molecule has 0 aliphatic carbocycles. The molecule has 1 unspecified atom stereocenters. The Morgan fingerprint density at radius 2 is 1.75 bits per heavy atom. The summed E-state index contributed by atoms with van der Waals surface area (Å²) in [5, 5.41) is 0. The first-order valence-corrected chi connectivity index (χ1v) is 5.41. The van der Waals surface area contributed by atoms with Gasteiger partial charge >= 0.3 is 11.9 Å². The molecule has 84 valence electrons. The minimum atomic E-state index is -0.405. The molecular weight excluding hydrogens is 204 g/mol. The van der Waals surface area contributed by atoms with Crippen LogP contribution in [0.25, 0.3) is 0 Å². The van der Waals surface area contributed by atoms with Crippen LogP contribution in [-0.2, 0) is 14.3 Å². The maximum Gasteiger partial charge on any atom is 0.318 e. The molecule has 1 saturated heterocycles. The number of esters is 2. The fourth-order valence-corrected chi connectivity index (χ4v) is 2.21. The standard InChI is InChI=1S/C13H14O3/c1-8(10-6-4-3-5-7-10)11-9(2)12(14)16-13(11)15/h3-9,11H,1-2H3/t8-,9+,11?/m1/s1. The maximum absolute atomic E-state index is 11.6. The van der Waals surface area contributed by atoms with E-state index in [0.29, 0.717) is 0 Å². The number of carbonyl (C=O) groups is 2. The Morgan fingerprint density at radius 1 is 1.12 bits per heavy atom. The Labute approximate surface area is 94.4 Å². The van der Waals surface area contributed by atoms with E-state index < -0.39 is 11.9 Å². The van der Waals surface area contributed by atoms with E-state index in [2.05, 4.69) is 4.74 Å². The van der Waals surface area contributed by atoms with E-state index in [1.165, 1.54) is 0 Å². The van der Waals surface area contributed by atoms with Crippen LogP contribution in [0.2, 0.25) is 0 Å². The average molecular weight is 218 g/mol. The van der Waals surface area contributed by atoms with Gasteiger partial charge in [-0.2, -0.15) is 0 Å². The molecule has 1 aromatic rings. The molecule has 0 saturated carbocycles. The van der Waals surface area contributed by atoms with Crippen LogP contribution in [0, 0.1) is 11.8 Å². The van der Waals surface area contributed by atoms with Crippen LogP contribution in [0.4, 0.5) is 0 Å². The highest BCUT2D eigenvalue weighted by Gasteiger charge is 2.44. The largest absolute Gasteiger partial charge is 0.393 e. The molecular formula is C13H14O3. The maximum atomic E-state index is 11.6. The van der Waals surface area contributed by atoms with Crippen molar-refractivity contribution in [1.29, 1.82) is 0 Å². The third-order valence-corrected chi connectivity index (χ3v) is 3.25. The summed E-state index contributed by atoms with van der Waals surface area (Å²) < 4.78 is 4.65. The van der Waals surface area contributed by atoms with Crippen molar-refractivity contribution in [3.8, 4) is 0 Å². The molecule has 1 fully saturated rings. The number of hydrogen-bond donors (Lipinski definition) is 0. The number of rotatable bonds is 2. The first-order chi connectivity index (χ1) is 7.61. The van der Waals surface area contributed by atoms with E-state index >= 15 is 0 Å². The van der Waals surface area contributed by atoms with Crippen LogP contribution in [0.1, 0.15) is 25.3 Å². The van der Waals surface area contributed by atoms with Crippen LogP contribution in [0.3, 0.4) is 0 Å². The van der Waals surface area contributed by atoms with Gasteiger partial charge in [0.25, 0.3) is 0 Å². The zero-order chi connectivity index (χ0) is 11.7. The lowest BCUT2D eigenvalue weighted by Crippen LogP contribution is -2.21. The van der Waals surface area contributed by atoms with Gasteiger partial charge in [-0.05, 0) is 11.5 Å². The summed E-state index contributed by atoms with van der Waals surface area (Å²) in [4.78, 5) is 22.9. The van der Waals surface area contributed by atoms with Crippen LogP contribution in [0.15, 0.2) is 30.3 Å². The van der Waals surface area contributed by atoms with Crippen LogP contribution >= 0.6 is 0 Å². The zero-order valence-corrected chi connectivity index (χ0v) is 9.34. The molecule has 1 aliphatic rings. The molecule has 1 aliphatic heterocycles. The fraction of sp³-hybridized carbons (Fsp3) is 0.385. The molecule has 3 heteroatoms. The SMILES string of the molecule is C[C@@H]1C(=O)OC(=O)C1[C@H](C)c1ccccc1. The third kappa shape index (κ3) is 1.73. The second-order valence-corrected chi connectivity index (χ2v) is 4.25. The topological polar surface area (TPSA) is 43.4 Å². The summed E-state index contributed by atoms with van der Waals surface area (Å²) in [6.45, 7) is 3.70. The molecule has 16 heavy (non-hydrogen) atoms. The second kappa shape index (κ2) is 4.08. The number of hydrogen-bond acceptors (Lipinski definition) is 3. The zero-order valence-electron chi connectivity index (χ0n) is 9.34. The normalized spacial score (nSPS) is 26.6. The Morgan fingerprint density at radius 3 is 2.25 bits per heavy atom. The van der Waals surface area contributed by atoms with Gasteiger partial charge in [-0.25, -0.2) is 0 Å². The summed E-state index contributed by atoms with van der Waals surface area (Å²) in [5.74, 6) is -1.49. The van der Waals surface area contributed by atoms with Crippen molar-refractivity contribution in [1.82, 2.24) is 0 Å². The number of ether oxygens (including phenoxy) is 1. The van der Waals surface area contributed by atoms with E-state index in [-0.39, 0.29) is 17.8 Å². The predicted molar refractivity (Wildman–Crippen MR) is 58.6 cm³/mol. The van der Waals surface area contributed by atoms with Crippen molar-refractivity contribution in [2.45, 2.75) is 19.8 Å². The van der Waals surface area contributed by atoms with Crippen LogP contribution < -0.4 is 0 Å². The lowest BCUT2D eigenvalue weighted by molar-refractivity contribution is -0.153. The number of benzene rings is 1. The first-order valence-electron chi connectivity index (χ1n) is 5.41. The Hall–Kier alpha value is -1.64. The van der Waals surface area contributed by atoms with Gasteiger partial charge in [0.05, 0.1) is 11.8 Å². The molecule has 0 aromatic heterocycles. The van der Waals surface area contributed by atoms with Gasteiger partial charge in [-0.15, -0.1) is 0 Å². The smallest absolute Gasteiger partial charge is 0.318 e. The lowest BCUT2D eigenvalue weighted by Gasteiger charge is -2.18. The van der Waals surface area contributed by atoms with Gasteiger partial charge in [-0.3, -0.25) is 9.59 Å². The quantitative estimate of drug-likeness (QED) is 0.564.